The van der Waals surface area contributed by atoms with Crippen molar-refractivity contribution in [3.8, 4) is 0 Å². The lowest BCUT2D eigenvalue weighted by Crippen LogP contribution is -2.61. The third-order valence-corrected chi connectivity index (χ3v) is 23.1. The first kappa shape index (κ1) is 112. The van der Waals surface area contributed by atoms with Crippen molar-refractivity contribution in [3.63, 3.8) is 0 Å². The molecule has 0 unspecified atom stereocenters. The fourth-order valence-corrected chi connectivity index (χ4v) is 14.9. The van der Waals surface area contributed by atoms with Gasteiger partial charge >= 0.3 is 5.97 Å². The highest BCUT2D eigenvalue weighted by molar-refractivity contribution is 6.02. The Morgan fingerprint density at radius 2 is 0.716 bits per heavy atom. The van der Waals surface area contributed by atoms with Crippen LogP contribution in [0.15, 0.2) is 115 Å². The molecule has 40 nitrogen and oxygen atoms in total. The Kier molecular flexibility index (Phi) is 49.3. The van der Waals surface area contributed by atoms with Gasteiger partial charge in [-0.1, -0.05) is 176 Å². The highest BCUT2D eigenvalue weighted by Crippen LogP contribution is 2.24. The zero-order valence-corrected chi connectivity index (χ0v) is 77.8. The molecule has 0 aromatic heterocycles. The van der Waals surface area contributed by atoms with Gasteiger partial charge in [-0.3, -0.25) is 76.7 Å². The van der Waals surface area contributed by atoms with Crippen molar-refractivity contribution < 1.29 is 91.7 Å². The molecule has 0 saturated carbocycles. The van der Waals surface area contributed by atoms with Gasteiger partial charge in [0.2, 0.25) is 94.5 Å². The molecule has 5 rings (SSSR count). The molecule has 30 N–H and O–H groups in total. The Balaban J connectivity index is 1.41. The van der Waals surface area contributed by atoms with Crippen LogP contribution in [0.5, 0.6) is 0 Å². The van der Waals surface area contributed by atoms with Gasteiger partial charge < -0.3 is 125 Å². The van der Waals surface area contributed by atoms with E-state index in [1.165, 1.54) is 6.92 Å². The molecule has 0 saturated heterocycles. The third-order valence-electron chi connectivity index (χ3n) is 23.1. The number of primary amides is 2. The summed E-state index contributed by atoms with van der Waals surface area (Å²) in [5, 5.41) is 59.6. The molecule has 0 aliphatic carbocycles. The number of aliphatic hydroxyl groups excluding tert-OH is 1. The molecule has 0 fully saturated rings. The summed E-state index contributed by atoms with van der Waals surface area (Å²) in [6.45, 7) is 10.8. The van der Waals surface area contributed by atoms with Gasteiger partial charge in [0.25, 0.3) is 0 Å². The van der Waals surface area contributed by atoms with Gasteiger partial charge in [-0.2, -0.15) is 0 Å². The Hall–Kier alpha value is -12.6. The Labute approximate surface area is 781 Å². The number of hydrogen-bond acceptors (Lipinski definition) is 23. The van der Waals surface area contributed by atoms with E-state index >= 15 is 14.4 Å². The molecule has 0 bridgehead atoms. The van der Waals surface area contributed by atoms with E-state index in [1.807, 2.05) is 26.0 Å². The van der Waals surface area contributed by atoms with Crippen molar-refractivity contribution in [1.29, 1.82) is 0 Å². The van der Waals surface area contributed by atoms with Crippen LogP contribution >= 0.6 is 0 Å². The predicted octanol–water partition coefficient (Wildman–Crippen LogP) is -1.34. The lowest BCUT2D eigenvalue weighted by molar-refractivity contribution is -0.144. The molecular formula is C94H141N21O19. The monoisotopic (exact) mass is 1870 g/mol. The topological polar surface area (TPSA) is 681 Å². The average molecular weight is 1870 g/mol. The van der Waals surface area contributed by atoms with Gasteiger partial charge in [0.1, 0.15) is 78.5 Å². The minimum atomic E-state index is -1.85. The second-order valence-corrected chi connectivity index (χ2v) is 34.3. The van der Waals surface area contributed by atoms with Crippen LogP contribution in [-0.4, -0.2) is 235 Å². The van der Waals surface area contributed by atoms with Gasteiger partial charge in [0, 0.05) is 25.7 Å². The zero-order chi connectivity index (χ0) is 99.1. The fraction of sp³-hybridized carbons (Fsp3) is 0.543. The number of unbranched alkanes of at least 4 members (excludes halogenated alkanes) is 4. The summed E-state index contributed by atoms with van der Waals surface area (Å²) in [5.41, 5.74) is 42.4. The first-order valence-corrected chi connectivity index (χ1v) is 46.1. The fourth-order valence-electron chi connectivity index (χ4n) is 14.9. The molecule has 40 heteroatoms. The largest absolute Gasteiger partial charge is 0.480 e. The summed E-state index contributed by atoms with van der Waals surface area (Å²) in [5.74, 6) is -17.5. The molecule has 134 heavy (non-hydrogen) atoms. The second-order valence-electron chi connectivity index (χ2n) is 34.3. The number of carbonyl (C=O) groups excluding carboxylic acids is 16. The van der Waals surface area contributed by atoms with Crippen molar-refractivity contribution in [2.75, 3.05) is 39.3 Å². The van der Waals surface area contributed by atoms with E-state index in [9.17, 15) is 77.3 Å². The van der Waals surface area contributed by atoms with Gasteiger partial charge in [0.05, 0.1) is 25.6 Å². The number of rotatable bonds is 63. The number of benzene rings is 5. The molecular weight excluding hydrogens is 1730 g/mol. The normalized spacial score (nSPS) is 14.9. The molecule has 0 radical (unpaired) electrons. The average Bonchev–Trinajstić information content (AvgIpc) is 0.801. The minimum Gasteiger partial charge on any atom is -0.480 e. The number of amides is 16. The molecule has 736 valence electrons. The number of aliphatic hydroxyl groups is 1. The molecule has 5 aromatic carbocycles. The summed E-state index contributed by atoms with van der Waals surface area (Å²) in [6.07, 6.45) is 1.54. The molecule has 0 aliphatic heterocycles. The van der Waals surface area contributed by atoms with E-state index in [1.54, 1.807) is 131 Å². The Morgan fingerprint density at radius 3 is 1.19 bits per heavy atom. The minimum absolute atomic E-state index is 0.0629. The zero-order valence-electron chi connectivity index (χ0n) is 77.8. The number of nitrogens with two attached hydrogens (primary N) is 7. The van der Waals surface area contributed by atoms with Crippen LogP contribution in [0.1, 0.15) is 181 Å². The van der Waals surface area contributed by atoms with Crippen molar-refractivity contribution in [2.45, 2.75) is 268 Å². The van der Waals surface area contributed by atoms with Crippen LogP contribution in [0.25, 0.3) is 21.5 Å². The molecule has 0 aliphatic rings. The number of carboxylic acid groups (broad SMARTS) is 1. The second kappa shape index (κ2) is 59.1. The summed E-state index contributed by atoms with van der Waals surface area (Å²) in [6, 6.07) is 12.6. The lowest BCUT2D eigenvalue weighted by Gasteiger charge is -2.29. The lowest BCUT2D eigenvalue weighted by atomic mass is 9.96. The predicted molar refractivity (Wildman–Crippen MR) is 504 cm³/mol. The van der Waals surface area contributed by atoms with E-state index < -0.39 is 229 Å². The highest BCUT2D eigenvalue weighted by atomic mass is 16.4. The van der Waals surface area contributed by atoms with Crippen molar-refractivity contribution >= 4 is 122 Å². The van der Waals surface area contributed by atoms with Gasteiger partial charge in [-0.15, -0.1) is 0 Å². The molecule has 0 spiro atoms. The molecule has 0 heterocycles. The van der Waals surface area contributed by atoms with Crippen molar-refractivity contribution in [2.24, 2.45) is 57.9 Å². The maximum atomic E-state index is 15.2. The van der Waals surface area contributed by atoms with Crippen LogP contribution in [0.4, 0.5) is 0 Å². The smallest absolute Gasteiger partial charge is 0.326 e. The van der Waals surface area contributed by atoms with E-state index in [4.69, 9.17) is 40.1 Å². The number of nitrogens with one attached hydrogen (secondary N) is 14. The summed E-state index contributed by atoms with van der Waals surface area (Å²) in [4.78, 5) is 240. The van der Waals surface area contributed by atoms with Crippen LogP contribution < -0.4 is 115 Å². The van der Waals surface area contributed by atoms with Crippen molar-refractivity contribution in [3.05, 3.63) is 132 Å². The summed E-state index contributed by atoms with van der Waals surface area (Å²) >= 11 is 0. The first-order chi connectivity index (χ1) is 63.9. The van der Waals surface area contributed by atoms with Gasteiger partial charge in [0.15, 0.2) is 0 Å². The maximum Gasteiger partial charge on any atom is 0.326 e. The van der Waals surface area contributed by atoms with E-state index in [0.717, 1.165) is 10.8 Å². The number of fused-ring (bicyclic) bond motifs is 2. The van der Waals surface area contributed by atoms with E-state index in [2.05, 4.69) is 74.4 Å². The van der Waals surface area contributed by atoms with E-state index in [0.29, 0.717) is 85.4 Å². The summed E-state index contributed by atoms with van der Waals surface area (Å²) in [7, 11) is 0. The molecule has 16 amide bonds. The molecule has 5 aromatic rings. The van der Waals surface area contributed by atoms with Crippen LogP contribution in [0.2, 0.25) is 0 Å². The number of hydrogen-bond donors (Lipinski definition) is 23. The summed E-state index contributed by atoms with van der Waals surface area (Å²) < 4.78 is 0. The number of carbonyl (C=O) groups is 17. The van der Waals surface area contributed by atoms with Crippen LogP contribution in [0.3, 0.4) is 0 Å². The maximum absolute atomic E-state index is 15.2. The van der Waals surface area contributed by atoms with Gasteiger partial charge in [-0.05, 0) is 173 Å². The highest BCUT2D eigenvalue weighted by Gasteiger charge is 2.40. The quantitative estimate of drug-likeness (QED) is 0.0200. The van der Waals surface area contributed by atoms with Gasteiger partial charge in [-0.25, -0.2) is 4.79 Å². The first-order valence-electron chi connectivity index (χ1n) is 46.1. The van der Waals surface area contributed by atoms with E-state index in [-0.39, 0.29) is 89.8 Å². The number of carboxylic acids is 1. The number of aliphatic carboxylic acids is 1. The molecule has 16 atom stereocenters. The Bertz CT molecular complexity index is 4730. The standard InChI is InChI=1S/C94H141N21O19/c1-8-55(5)79(93(132)108-68(40-20-24-46-98)86(125)115-80(94(133)134)56(6)9-2)114-92(131)75(53-116)104-78(119)52-102-83(122)66(38-18-22-44-96)106-89(128)72(49-61-33-25-31-59-29-13-15-35-63(59)61)111-85(124)67(39-19-23-45-97)105-81(120)57(7)103-84(123)69(41-42-76(100)117)107-90(129)73(50-62-34-26-32-60-30-14-16-36-64(60)62)112-91(130)74(51-77(101)118)113-88(127)71(48-58-27-11-10-12-28-58)110-87(126)70(47-54(3)4)109-82(121)65(99)37-17-21-43-95/h10-16,25-36,54-57,65-75,79-80,116H,8-9,17-24,37-53,95-99H2,1-7H3,(H2,100,117)(H2,101,118)(H,102,122)(H,103,123)(H,104,119)(H,105,120)(H,106,128)(H,107,129)(H,108,132)(H,109,121)(H,110,126)(H,111,124)(H,112,130)(H,113,127)(H,114,131)(H,115,125)(H,133,134)/t55-,56-,57-,65-,66-,67-,68-,69-,70-,71-,72-,73-,74-,75-,79-,80-/m0/s1. The Morgan fingerprint density at radius 1 is 0.343 bits per heavy atom. The SMILES string of the molecule is CC[C@H](C)[C@H](NC(=O)[C@H](CCCCN)NC(=O)[C@@H](NC(=O)[C@H](CO)NC(=O)CNC(=O)[C@H](CCCCN)NC(=O)[C@H](Cc1cccc2ccccc12)NC(=O)[C@H](CCCCN)NC(=O)[C@H](C)NC(=O)[C@H](CCC(N)=O)NC(=O)[C@H](Cc1cccc2ccccc12)NC(=O)[C@H](CC(N)=O)NC(=O)[C@H](Cc1ccccc1)NC(=O)[C@H](CC(C)C)NC(=O)[C@@H](N)CCCCN)[C@@H](C)CC)C(=O)O. The van der Waals surface area contributed by atoms with Crippen molar-refractivity contribution in [1.82, 2.24) is 74.4 Å². The van der Waals surface area contributed by atoms with Crippen LogP contribution in [-0.2, 0) is 101 Å². The van der Waals surface area contributed by atoms with Crippen LogP contribution in [0, 0.1) is 17.8 Å². The third kappa shape index (κ3) is 38.2.